The van der Waals surface area contributed by atoms with Gasteiger partial charge in [0.25, 0.3) is 0 Å². The molecule has 1 N–H and O–H groups in total. The number of carbonyl (C=O) groups is 1. The van der Waals surface area contributed by atoms with Gasteiger partial charge in [0.1, 0.15) is 0 Å². The van der Waals surface area contributed by atoms with Crippen molar-refractivity contribution in [1.82, 2.24) is 15.2 Å². The number of rotatable bonds is 5. The Balaban J connectivity index is 1.62. The van der Waals surface area contributed by atoms with E-state index in [1.807, 2.05) is 18.2 Å². The molecule has 1 aromatic carbocycles. The molecule has 0 aliphatic carbocycles. The Labute approximate surface area is 143 Å². The maximum Gasteiger partial charge on any atom is 0.416 e. The third-order valence-electron chi connectivity index (χ3n) is 4.20. The van der Waals surface area contributed by atoms with Gasteiger partial charge in [-0.05, 0) is 23.8 Å². The summed E-state index contributed by atoms with van der Waals surface area (Å²) in [5.41, 5.74) is 0.289. The average molecular weight is 349 g/mol. The highest BCUT2D eigenvalue weighted by molar-refractivity contribution is 5.79. The van der Waals surface area contributed by atoms with E-state index in [1.54, 1.807) is 12.3 Å². The molecule has 4 nitrogen and oxygen atoms in total. The van der Waals surface area contributed by atoms with E-state index in [0.29, 0.717) is 13.1 Å². The number of halogens is 3. The standard InChI is InChI=1S/C18H18F3N3O/c19-18(20,21)16-7-2-1-5-13(16)11-24-12-15(9-17(24)25)23-10-14-6-3-4-8-22-14/h1-8,15,23H,9-12H2. The predicted octanol–water partition coefficient (Wildman–Crippen LogP) is 2.99. The minimum atomic E-state index is -4.42. The van der Waals surface area contributed by atoms with Gasteiger partial charge in [-0.1, -0.05) is 24.3 Å². The lowest BCUT2D eigenvalue weighted by molar-refractivity contribution is -0.139. The Morgan fingerprint density at radius 2 is 1.92 bits per heavy atom. The van der Waals surface area contributed by atoms with Crippen molar-refractivity contribution in [2.75, 3.05) is 6.54 Å². The van der Waals surface area contributed by atoms with E-state index < -0.39 is 11.7 Å². The van der Waals surface area contributed by atoms with Crippen LogP contribution in [0.4, 0.5) is 13.2 Å². The molecule has 1 aromatic heterocycles. The van der Waals surface area contributed by atoms with Crippen molar-refractivity contribution >= 4 is 5.91 Å². The maximum atomic E-state index is 13.1. The molecule has 132 valence electrons. The van der Waals surface area contributed by atoms with Gasteiger partial charge in [-0.3, -0.25) is 9.78 Å². The van der Waals surface area contributed by atoms with Gasteiger partial charge in [-0.15, -0.1) is 0 Å². The minimum Gasteiger partial charge on any atom is -0.337 e. The molecule has 1 unspecified atom stereocenters. The molecule has 1 aliphatic heterocycles. The van der Waals surface area contributed by atoms with Gasteiger partial charge in [0.15, 0.2) is 0 Å². The summed E-state index contributed by atoms with van der Waals surface area (Å²) in [5, 5.41) is 3.24. The summed E-state index contributed by atoms with van der Waals surface area (Å²) in [4.78, 5) is 17.8. The number of nitrogens with zero attached hydrogens (tertiary/aromatic N) is 2. The highest BCUT2D eigenvalue weighted by atomic mass is 19.4. The van der Waals surface area contributed by atoms with Gasteiger partial charge in [0.2, 0.25) is 5.91 Å². The molecule has 2 aromatic rings. The van der Waals surface area contributed by atoms with Crippen LogP contribution >= 0.6 is 0 Å². The number of carbonyl (C=O) groups excluding carboxylic acids is 1. The second kappa shape index (κ2) is 7.23. The van der Waals surface area contributed by atoms with E-state index in [-0.39, 0.29) is 30.5 Å². The number of benzene rings is 1. The normalized spacial score (nSPS) is 18.0. The van der Waals surface area contributed by atoms with Crippen LogP contribution in [0.2, 0.25) is 0 Å². The van der Waals surface area contributed by atoms with Crippen LogP contribution in [0.5, 0.6) is 0 Å². The summed E-state index contributed by atoms with van der Waals surface area (Å²) in [6.07, 6.45) is -2.45. The van der Waals surface area contributed by atoms with Crippen molar-refractivity contribution in [1.29, 1.82) is 0 Å². The highest BCUT2D eigenvalue weighted by Crippen LogP contribution is 2.32. The van der Waals surface area contributed by atoms with Crippen LogP contribution in [0.15, 0.2) is 48.7 Å². The first kappa shape index (κ1) is 17.4. The van der Waals surface area contributed by atoms with Crippen LogP contribution in [0.3, 0.4) is 0 Å². The Morgan fingerprint density at radius 3 is 2.64 bits per heavy atom. The first-order chi connectivity index (χ1) is 11.9. The van der Waals surface area contributed by atoms with Crippen molar-refractivity contribution in [2.45, 2.75) is 31.7 Å². The van der Waals surface area contributed by atoms with Crippen molar-refractivity contribution in [2.24, 2.45) is 0 Å². The summed E-state index contributed by atoms with van der Waals surface area (Å²) in [6.45, 7) is 0.875. The number of aromatic nitrogens is 1. The Hall–Kier alpha value is -2.41. The number of hydrogen-bond donors (Lipinski definition) is 1. The molecule has 1 atom stereocenters. The predicted molar refractivity (Wildman–Crippen MR) is 86.3 cm³/mol. The highest BCUT2D eigenvalue weighted by Gasteiger charge is 2.35. The number of likely N-dealkylation sites (tertiary alicyclic amines) is 1. The van der Waals surface area contributed by atoms with Crippen LogP contribution in [-0.4, -0.2) is 28.4 Å². The van der Waals surface area contributed by atoms with Crippen molar-refractivity contribution < 1.29 is 18.0 Å². The lowest BCUT2D eigenvalue weighted by Gasteiger charge is -2.20. The lowest BCUT2D eigenvalue weighted by Crippen LogP contribution is -2.32. The largest absolute Gasteiger partial charge is 0.416 e. The van der Waals surface area contributed by atoms with Gasteiger partial charge in [-0.2, -0.15) is 13.2 Å². The number of nitrogens with one attached hydrogen (secondary N) is 1. The fourth-order valence-corrected chi connectivity index (χ4v) is 2.95. The Bertz CT molecular complexity index is 734. The molecule has 1 fully saturated rings. The van der Waals surface area contributed by atoms with E-state index in [1.165, 1.54) is 17.0 Å². The molecule has 1 aliphatic rings. The summed E-state index contributed by atoms with van der Waals surface area (Å²) in [7, 11) is 0. The first-order valence-corrected chi connectivity index (χ1v) is 7.99. The third-order valence-corrected chi connectivity index (χ3v) is 4.20. The molecule has 3 rings (SSSR count). The first-order valence-electron chi connectivity index (χ1n) is 7.99. The van der Waals surface area contributed by atoms with Gasteiger partial charge in [-0.25, -0.2) is 0 Å². The summed E-state index contributed by atoms with van der Waals surface area (Å²) in [6, 6.07) is 10.9. The van der Waals surface area contributed by atoms with E-state index in [9.17, 15) is 18.0 Å². The third kappa shape index (κ3) is 4.36. The van der Waals surface area contributed by atoms with E-state index in [0.717, 1.165) is 11.8 Å². The number of amides is 1. The minimum absolute atomic E-state index is 0.0315. The van der Waals surface area contributed by atoms with Gasteiger partial charge in [0.05, 0.1) is 11.3 Å². The molecular weight excluding hydrogens is 331 g/mol. The number of alkyl halides is 3. The fraction of sp³-hybridized carbons (Fsp3) is 0.333. The zero-order chi connectivity index (χ0) is 17.9. The molecule has 0 bridgehead atoms. The van der Waals surface area contributed by atoms with Crippen molar-refractivity contribution in [3.8, 4) is 0 Å². The maximum absolute atomic E-state index is 13.1. The van der Waals surface area contributed by atoms with Crippen LogP contribution in [0.1, 0.15) is 23.2 Å². The van der Waals surface area contributed by atoms with Crippen molar-refractivity contribution in [3.05, 3.63) is 65.5 Å². The lowest BCUT2D eigenvalue weighted by atomic mass is 10.1. The fourth-order valence-electron chi connectivity index (χ4n) is 2.95. The summed E-state index contributed by atoms with van der Waals surface area (Å²) < 4.78 is 39.2. The van der Waals surface area contributed by atoms with E-state index in [4.69, 9.17) is 0 Å². The van der Waals surface area contributed by atoms with E-state index in [2.05, 4.69) is 10.3 Å². The summed E-state index contributed by atoms with van der Waals surface area (Å²) >= 11 is 0. The van der Waals surface area contributed by atoms with Crippen LogP contribution < -0.4 is 5.32 Å². The monoisotopic (exact) mass is 349 g/mol. The van der Waals surface area contributed by atoms with Gasteiger partial charge in [0, 0.05) is 38.3 Å². The Morgan fingerprint density at radius 1 is 1.16 bits per heavy atom. The number of pyridine rings is 1. The summed E-state index contributed by atoms with van der Waals surface area (Å²) in [5.74, 6) is -0.143. The molecule has 0 radical (unpaired) electrons. The molecule has 25 heavy (non-hydrogen) atoms. The molecule has 0 saturated carbocycles. The van der Waals surface area contributed by atoms with Crippen molar-refractivity contribution in [3.63, 3.8) is 0 Å². The topological polar surface area (TPSA) is 45.2 Å². The second-order valence-electron chi connectivity index (χ2n) is 6.03. The molecule has 0 spiro atoms. The smallest absolute Gasteiger partial charge is 0.337 e. The molecular formula is C18H18F3N3O. The SMILES string of the molecule is O=C1CC(NCc2ccccn2)CN1Cc1ccccc1C(F)(F)F. The van der Waals surface area contributed by atoms with Crippen LogP contribution in [0.25, 0.3) is 0 Å². The van der Waals surface area contributed by atoms with E-state index >= 15 is 0 Å². The quantitative estimate of drug-likeness (QED) is 0.903. The van der Waals surface area contributed by atoms with Crippen LogP contribution in [-0.2, 0) is 24.1 Å². The zero-order valence-electron chi connectivity index (χ0n) is 13.5. The average Bonchev–Trinajstić information content (AvgIpc) is 2.93. The van der Waals surface area contributed by atoms with Crippen LogP contribution in [0, 0.1) is 0 Å². The Kier molecular flexibility index (Phi) is 5.03. The molecule has 1 saturated heterocycles. The van der Waals surface area contributed by atoms with Gasteiger partial charge < -0.3 is 10.2 Å². The molecule has 1 amide bonds. The zero-order valence-corrected chi connectivity index (χ0v) is 13.5. The second-order valence-corrected chi connectivity index (χ2v) is 6.03. The molecule has 2 heterocycles. The number of hydrogen-bond acceptors (Lipinski definition) is 3. The molecule has 7 heteroatoms. The van der Waals surface area contributed by atoms with Gasteiger partial charge >= 0.3 is 6.18 Å².